The molecule has 1 heterocycles. The van der Waals surface area contributed by atoms with E-state index in [0.29, 0.717) is 0 Å². The highest BCUT2D eigenvalue weighted by Gasteiger charge is 1.91. The first-order chi connectivity index (χ1) is 4.33. The van der Waals surface area contributed by atoms with E-state index >= 15 is 0 Å². The topological polar surface area (TPSA) is 12.9 Å². The van der Waals surface area contributed by atoms with Crippen LogP contribution in [0.15, 0.2) is 23.2 Å². The van der Waals surface area contributed by atoms with E-state index in [-0.39, 0.29) is 0 Å². The Morgan fingerprint density at radius 1 is 1.56 bits per heavy atom. The average Bonchev–Trinajstić information content (AvgIpc) is 1.90. The summed E-state index contributed by atoms with van der Waals surface area (Å²) in [6.07, 6.45) is 1.38. The smallest absolute Gasteiger partial charge is 0.212 e. The second-order valence-electron chi connectivity index (χ2n) is 1.39. The molecule has 0 saturated heterocycles. The Balaban J connectivity index is 2.88. The molecule has 0 aliphatic carbocycles. The number of hydrogen-bond acceptors (Lipinski definition) is 2. The van der Waals surface area contributed by atoms with E-state index < -0.39 is 5.95 Å². The number of pyridine rings is 1. The monoisotopic (exact) mass is 163 g/mol. The summed E-state index contributed by atoms with van der Waals surface area (Å²) >= 11 is 0. The van der Waals surface area contributed by atoms with Crippen molar-refractivity contribution in [3.8, 4) is 0 Å². The maximum Gasteiger partial charge on any atom is 0.212 e. The molecule has 4 heteroatoms. The lowest BCUT2D eigenvalue weighted by Crippen LogP contribution is -1.78. The van der Waals surface area contributed by atoms with Gasteiger partial charge < -0.3 is 0 Å². The Labute approximate surface area is 60.7 Å². The van der Waals surface area contributed by atoms with E-state index in [9.17, 15) is 4.39 Å². The van der Waals surface area contributed by atoms with Gasteiger partial charge in [-0.3, -0.25) is 0 Å². The first-order valence-electron chi connectivity index (χ1n) is 2.23. The number of aromatic nitrogens is 1. The van der Waals surface area contributed by atoms with Crippen molar-refractivity contribution < 1.29 is 4.39 Å². The maximum atomic E-state index is 12.1. The molecule has 0 saturated carbocycles. The number of rotatable bonds is 1. The summed E-state index contributed by atoms with van der Waals surface area (Å²) in [5.41, 5.74) is 0. The molecule has 9 heavy (non-hydrogen) atoms. The second kappa shape index (κ2) is 3.03. The minimum Gasteiger partial charge on any atom is -0.227 e. The van der Waals surface area contributed by atoms with Crippen molar-refractivity contribution >= 4 is 21.7 Å². The summed E-state index contributed by atoms with van der Waals surface area (Å²) < 4.78 is 12.1. The van der Waals surface area contributed by atoms with Gasteiger partial charge in [0.25, 0.3) is 0 Å². The molecule has 0 aliphatic rings. The third-order valence-electron chi connectivity index (χ3n) is 0.789. The second-order valence-corrected chi connectivity index (χ2v) is 2.48. The minimum atomic E-state index is -0.482. The lowest BCUT2D eigenvalue weighted by molar-refractivity contribution is 0.581. The fraction of sp³-hybridized carbons (Fsp3) is 0. The third-order valence-corrected chi connectivity index (χ3v) is 1.74. The fourth-order valence-electron chi connectivity index (χ4n) is 0.408. The summed E-state index contributed by atoms with van der Waals surface area (Å²) in [4.78, 5) is 4.13. The van der Waals surface area contributed by atoms with Gasteiger partial charge in [-0.25, -0.2) is 4.98 Å². The van der Waals surface area contributed by atoms with Gasteiger partial charge in [0, 0.05) is 11.1 Å². The van der Waals surface area contributed by atoms with Crippen molar-refractivity contribution in [3.05, 3.63) is 24.3 Å². The van der Waals surface area contributed by atoms with Crippen molar-refractivity contribution in [2.24, 2.45) is 0 Å². The molecule has 0 unspecified atom stereocenters. The van der Waals surface area contributed by atoms with Gasteiger partial charge in [0.2, 0.25) is 5.95 Å². The molecule has 1 aromatic heterocycles. The molecule has 0 aromatic carbocycles. The minimum absolute atomic E-state index is 0.482. The van der Waals surface area contributed by atoms with E-state index in [1.165, 1.54) is 12.3 Å². The first-order valence-corrected chi connectivity index (χ1v) is 3.87. The van der Waals surface area contributed by atoms with Crippen LogP contribution in [-0.2, 0) is 0 Å². The molecule has 1 aromatic rings. The van der Waals surface area contributed by atoms with Crippen molar-refractivity contribution in [2.45, 2.75) is 4.90 Å². The largest absolute Gasteiger partial charge is 0.227 e. The Kier molecular flexibility index (Phi) is 2.30. The molecule has 0 atom stereocenters. The van der Waals surface area contributed by atoms with Gasteiger partial charge in [0.15, 0.2) is 0 Å². The average molecular weight is 164 g/mol. The molecular weight excluding hydrogens is 161 g/mol. The van der Waals surface area contributed by atoms with E-state index in [2.05, 4.69) is 4.98 Å². The Morgan fingerprint density at radius 3 is 2.78 bits per heavy atom. The van der Waals surface area contributed by atoms with E-state index in [1.54, 1.807) is 6.07 Å². The van der Waals surface area contributed by atoms with Crippen LogP contribution in [0.2, 0.25) is 0 Å². The van der Waals surface area contributed by atoms with Crippen LogP contribution in [0.5, 0.6) is 0 Å². The summed E-state index contributed by atoms with van der Waals surface area (Å²) in [6.45, 7) is 0. The summed E-state index contributed by atoms with van der Waals surface area (Å²) in [7, 11) is 6.35. The predicted octanol–water partition coefficient (Wildman–Crippen LogP) is 2.47. The Bertz CT molecular complexity index is 189. The Hall–Kier alpha value is -0.280. The molecule has 0 aliphatic heterocycles. The zero-order valence-corrected chi connectivity index (χ0v) is 5.92. The molecular formula is C5H3ClFNS. The molecule has 0 N–H and O–H groups in total. The van der Waals surface area contributed by atoms with Crippen LogP contribution >= 0.6 is 21.7 Å². The van der Waals surface area contributed by atoms with Crippen LogP contribution in [0.4, 0.5) is 4.39 Å². The zero-order valence-electron chi connectivity index (χ0n) is 4.34. The van der Waals surface area contributed by atoms with Gasteiger partial charge >= 0.3 is 0 Å². The lowest BCUT2D eigenvalue weighted by atomic mass is 10.5. The highest BCUT2D eigenvalue weighted by atomic mass is 35.7. The molecule has 1 rings (SSSR count). The third kappa shape index (κ3) is 1.84. The van der Waals surface area contributed by atoms with Gasteiger partial charge in [-0.05, 0) is 33.8 Å². The predicted molar refractivity (Wildman–Crippen MR) is 35.9 cm³/mol. The first kappa shape index (κ1) is 6.83. The van der Waals surface area contributed by atoms with Crippen LogP contribution < -0.4 is 0 Å². The normalized spacial score (nSPS) is 9.56. The van der Waals surface area contributed by atoms with Gasteiger partial charge in [-0.1, -0.05) is 0 Å². The van der Waals surface area contributed by atoms with Crippen LogP contribution in [-0.4, -0.2) is 4.98 Å². The SMILES string of the molecule is Fc1ccc(SCl)cn1. The highest BCUT2D eigenvalue weighted by Crippen LogP contribution is 2.19. The molecule has 0 amide bonds. The summed E-state index contributed by atoms with van der Waals surface area (Å²) in [5, 5.41) is 0. The summed E-state index contributed by atoms with van der Waals surface area (Å²) in [5.74, 6) is -0.482. The van der Waals surface area contributed by atoms with Gasteiger partial charge in [-0.15, -0.1) is 0 Å². The van der Waals surface area contributed by atoms with Crippen molar-refractivity contribution in [2.75, 3.05) is 0 Å². The van der Waals surface area contributed by atoms with Gasteiger partial charge in [-0.2, -0.15) is 4.39 Å². The van der Waals surface area contributed by atoms with E-state index in [1.807, 2.05) is 0 Å². The van der Waals surface area contributed by atoms with Crippen molar-refractivity contribution in [3.63, 3.8) is 0 Å². The Morgan fingerprint density at radius 2 is 2.33 bits per heavy atom. The fourth-order valence-corrected chi connectivity index (χ4v) is 0.894. The summed E-state index contributed by atoms with van der Waals surface area (Å²) in [6, 6.07) is 2.84. The lowest BCUT2D eigenvalue weighted by Gasteiger charge is -1.89. The maximum absolute atomic E-state index is 12.1. The number of hydrogen-bond donors (Lipinski definition) is 0. The standard InChI is InChI=1S/C5H3ClFNS/c6-9-4-1-2-5(7)8-3-4/h1-3H. The van der Waals surface area contributed by atoms with Crippen molar-refractivity contribution in [1.29, 1.82) is 0 Å². The van der Waals surface area contributed by atoms with Gasteiger partial charge in [0.1, 0.15) is 0 Å². The zero-order chi connectivity index (χ0) is 6.69. The van der Waals surface area contributed by atoms with E-state index in [0.717, 1.165) is 15.9 Å². The van der Waals surface area contributed by atoms with Crippen LogP contribution in [0, 0.1) is 5.95 Å². The molecule has 1 nitrogen and oxygen atoms in total. The van der Waals surface area contributed by atoms with Crippen LogP contribution in [0.1, 0.15) is 0 Å². The number of nitrogens with zero attached hydrogens (tertiary/aromatic N) is 1. The molecule has 0 bridgehead atoms. The quantitative estimate of drug-likeness (QED) is 0.590. The van der Waals surface area contributed by atoms with Crippen molar-refractivity contribution in [1.82, 2.24) is 4.98 Å². The van der Waals surface area contributed by atoms with Gasteiger partial charge in [0.05, 0.1) is 0 Å². The molecule has 0 radical (unpaired) electrons. The highest BCUT2D eigenvalue weighted by molar-refractivity contribution is 8.21. The molecule has 0 fully saturated rings. The van der Waals surface area contributed by atoms with Crippen LogP contribution in [0.3, 0.4) is 0 Å². The molecule has 0 spiro atoms. The van der Waals surface area contributed by atoms with E-state index in [4.69, 9.17) is 10.7 Å². The van der Waals surface area contributed by atoms with Crippen LogP contribution in [0.25, 0.3) is 0 Å². The molecule has 48 valence electrons. The number of halogens is 2.